The van der Waals surface area contributed by atoms with Gasteiger partial charge in [0.2, 0.25) is 0 Å². The third kappa shape index (κ3) is 2.51. The van der Waals surface area contributed by atoms with E-state index < -0.39 is 0 Å². The molecule has 0 aliphatic carbocycles. The Morgan fingerprint density at radius 1 is 1.24 bits per heavy atom. The van der Waals surface area contributed by atoms with E-state index in [1.165, 1.54) is 45.4 Å². The first-order valence-electron chi connectivity index (χ1n) is 7.27. The van der Waals surface area contributed by atoms with Crippen molar-refractivity contribution in [1.29, 1.82) is 0 Å². The third-order valence-corrected chi connectivity index (χ3v) is 5.22. The van der Waals surface area contributed by atoms with Crippen LogP contribution in [0.3, 0.4) is 0 Å². The van der Waals surface area contributed by atoms with Gasteiger partial charge >= 0.3 is 0 Å². The van der Waals surface area contributed by atoms with Crippen molar-refractivity contribution in [3.63, 3.8) is 0 Å². The first-order valence-corrected chi connectivity index (χ1v) is 7.27. The fourth-order valence-electron chi connectivity index (χ4n) is 3.35. The first-order chi connectivity index (χ1) is 8.08. The van der Waals surface area contributed by atoms with Crippen molar-refractivity contribution in [1.82, 2.24) is 9.80 Å². The van der Waals surface area contributed by atoms with Gasteiger partial charge in [-0.15, -0.1) is 0 Å². The monoisotopic (exact) mass is 239 g/mol. The van der Waals surface area contributed by atoms with Crippen LogP contribution in [0.5, 0.6) is 0 Å². The van der Waals surface area contributed by atoms with Gasteiger partial charge in [0.25, 0.3) is 0 Å². The lowest BCUT2D eigenvalue weighted by atomic mass is 9.84. The van der Waals surface area contributed by atoms with E-state index in [9.17, 15) is 0 Å². The maximum Gasteiger partial charge on any atom is 0.0327 e. The lowest BCUT2D eigenvalue weighted by molar-refractivity contribution is -0.0221. The second kappa shape index (κ2) is 5.25. The zero-order valence-electron chi connectivity index (χ0n) is 11.8. The molecular formula is C14H29N3. The number of hydrogen-bond acceptors (Lipinski definition) is 3. The van der Waals surface area contributed by atoms with Crippen molar-refractivity contribution in [2.75, 3.05) is 32.7 Å². The molecule has 100 valence electrons. The topological polar surface area (TPSA) is 32.5 Å². The van der Waals surface area contributed by atoms with E-state index in [4.69, 9.17) is 5.73 Å². The molecule has 0 saturated carbocycles. The van der Waals surface area contributed by atoms with Gasteiger partial charge in [0.15, 0.2) is 0 Å². The molecule has 0 amide bonds. The van der Waals surface area contributed by atoms with Crippen LogP contribution in [0.1, 0.15) is 40.0 Å². The van der Waals surface area contributed by atoms with Crippen LogP contribution in [0.4, 0.5) is 0 Å². The first kappa shape index (κ1) is 13.3. The predicted octanol–water partition coefficient (Wildman–Crippen LogP) is 1.53. The van der Waals surface area contributed by atoms with Crippen LogP contribution in [0.2, 0.25) is 0 Å². The number of nitrogens with two attached hydrogens (primary N) is 1. The van der Waals surface area contributed by atoms with E-state index in [0.29, 0.717) is 5.92 Å². The zero-order valence-corrected chi connectivity index (χ0v) is 11.8. The molecule has 0 aromatic carbocycles. The van der Waals surface area contributed by atoms with E-state index in [0.717, 1.165) is 12.6 Å². The summed E-state index contributed by atoms with van der Waals surface area (Å²) in [6, 6.07) is 0.794. The molecule has 3 nitrogen and oxygen atoms in total. The number of nitrogens with zero attached hydrogens (tertiary/aromatic N) is 2. The molecule has 2 unspecified atom stereocenters. The Labute approximate surface area is 106 Å². The van der Waals surface area contributed by atoms with E-state index in [1.54, 1.807) is 0 Å². The van der Waals surface area contributed by atoms with E-state index >= 15 is 0 Å². The Hall–Kier alpha value is -0.120. The van der Waals surface area contributed by atoms with Crippen molar-refractivity contribution >= 4 is 0 Å². The van der Waals surface area contributed by atoms with Crippen molar-refractivity contribution in [3.05, 3.63) is 0 Å². The van der Waals surface area contributed by atoms with Crippen molar-refractivity contribution in [2.45, 2.75) is 51.6 Å². The van der Waals surface area contributed by atoms with E-state index in [2.05, 4.69) is 30.6 Å². The molecule has 2 aliphatic rings. The largest absolute Gasteiger partial charge is 0.329 e. The number of hydrogen-bond donors (Lipinski definition) is 1. The Kier molecular flexibility index (Phi) is 4.11. The lowest BCUT2D eigenvalue weighted by Crippen LogP contribution is -2.64. The highest BCUT2D eigenvalue weighted by Gasteiger charge is 2.39. The van der Waals surface area contributed by atoms with Gasteiger partial charge in [0.05, 0.1) is 0 Å². The standard InChI is InChI=1S/C14H29N3/c1-12(2)14(3,11-15)17-9-8-16-7-5-4-6-13(16)10-17/h12-13H,4-11,15H2,1-3H3. The fraction of sp³-hybridized carbons (Fsp3) is 1.00. The molecule has 2 rings (SSSR count). The molecule has 3 heteroatoms. The van der Waals surface area contributed by atoms with Crippen molar-refractivity contribution in [2.24, 2.45) is 11.7 Å². The molecule has 0 radical (unpaired) electrons. The Morgan fingerprint density at radius 2 is 2.00 bits per heavy atom. The summed E-state index contributed by atoms with van der Waals surface area (Å²) in [7, 11) is 0. The minimum Gasteiger partial charge on any atom is -0.329 e. The second-order valence-electron chi connectivity index (χ2n) is 6.35. The number of fused-ring (bicyclic) bond motifs is 1. The van der Waals surface area contributed by atoms with Gasteiger partial charge < -0.3 is 5.73 Å². The molecule has 0 aromatic heterocycles. The van der Waals surface area contributed by atoms with Crippen LogP contribution in [0.15, 0.2) is 0 Å². The molecule has 0 bridgehead atoms. The number of rotatable bonds is 3. The minimum atomic E-state index is 0.184. The normalized spacial score (nSPS) is 31.2. The smallest absolute Gasteiger partial charge is 0.0327 e. The summed E-state index contributed by atoms with van der Waals surface area (Å²) >= 11 is 0. The molecule has 17 heavy (non-hydrogen) atoms. The highest BCUT2D eigenvalue weighted by Crippen LogP contribution is 2.29. The van der Waals surface area contributed by atoms with Crippen LogP contribution in [0.25, 0.3) is 0 Å². The Morgan fingerprint density at radius 3 is 2.65 bits per heavy atom. The zero-order chi connectivity index (χ0) is 12.5. The minimum absolute atomic E-state index is 0.184. The molecule has 2 fully saturated rings. The van der Waals surface area contributed by atoms with Gasteiger partial charge in [-0.1, -0.05) is 20.3 Å². The van der Waals surface area contributed by atoms with E-state index in [-0.39, 0.29) is 5.54 Å². The molecular weight excluding hydrogens is 210 g/mol. The third-order valence-electron chi connectivity index (χ3n) is 5.22. The van der Waals surface area contributed by atoms with Gasteiger partial charge in [-0.25, -0.2) is 0 Å². The van der Waals surface area contributed by atoms with Crippen LogP contribution in [-0.4, -0.2) is 54.1 Å². The second-order valence-corrected chi connectivity index (χ2v) is 6.35. The molecule has 2 atom stereocenters. The maximum atomic E-state index is 6.05. The average Bonchev–Trinajstić information content (AvgIpc) is 2.37. The van der Waals surface area contributed by atoms with Gasteiger partial charge in [-0.2, -0.15) is 0 Å². The van der Waals surface area contributed by atoms with Gasteiger partial charge in [-0.05, 0) is 32.2 Å². The van der Waals surface area contributed by atoms with Crippen LogP contribution in [0, 0.1) is 5.92 Å². The molecule has 0 aromatic rings. The number of piperazine rings is 1. The summed E-state index contributed by atoms with van der Waals surface area (Å²) in [6.45, 7) is 12.7. The quantitative estimate of drug-likeness (QED) is 0.811. The summed E-state index contributed by atoms with van der Waals surface area (Å²) in [5, 5.41) is 0. The fourth-order valence-corrected chi connectivity index (χ4v) is 3.35. The maximum absolute atomic E-state index is 6.05. The highest BCUT2D eigenvalue weighted by molar-refractivity contribution is 4.96. The Balaban J connectivity index is 2.03. The number of piperidine rings is 1. The summed E-state index contributed by atoms with van der Waals surface area (Å²) < 4.78 is 0. The summed E-state index contributed by atoms with van der Waals surface area (Å²) in [5.41, 5.74) is 6.24. The van der Waals surface area contributed by atoms with Crippen molar-refractivity contribution in [3.8, 4) is 0 Å². The van der Waals surface area contributed by atoms with Gasteiger partial charge in [0.1, 0.15) is 0 Å². The highest BCUT2D eigenvalue weighted by atomic mass is 15.3. The SMILES string of the molecule is CC(C)C(C)(CN)N1CCN2CCCCC2C1. The summed E-state index contributed by atoms with van der Waals surface area (Å²) in [4.78, 5) is 5.35. The molecule has 2 N–H and O–H groups in total. The summed E-state index contributed by atoms with van der Waals surface area (Å²) in [5.74, 6) is 0.627. The molecule has 2 heterocycles. The van der Waals surface area contributed by atoms with Gasteiger partial charge in [-0.3, -0.25) is 9.80 Å². The predicted molar refractivity (Wildman–Crippen MR) is 73.1 cm³/mol. The molecule has 0 spiro atoms. The van der Waals surface area contributed by atoms with Crippen LogP contribution >= 0.6 is 0 Å². The van der Waals surface area contributed by atoms with Gasteiger partial charge in [0, 0.05) is 37.8 Å². The van der Waals surface area contributed by atoms with E-state index in [1.807, 2.05) is 0 Å². The average molecular weight is 239 g/mol. The summed E-state index contributed by atoms with van der Waals surface area (Å²) in [6.07, 6.45) is 4.19. The molecule has 2 aliphatic heterocycles. The lowest BCUT2D eigenvalue weighted by Gasteiger charge is -2.52. The van der Waals surface area contributed by atoms with Crippen LogP contribution < -0.4 is 5.73 Å². The van der Waals surface area contributed by atoms with Crippen LogP contribution in [-0.2, 0) is 0 Å². The Bertz CT molecular complexity index is 254. The molecule has 2 saturated heterocycles. The van der Waals surface area contributed by atoms with Crippen molar-refractivity contribution < 1.29 is 0 Å².